The zero-order valence-corrected chi connectivity index (χ0v) is 10.4. The molecular weight excluding hydrogens is 212 g/mol. The molecule has 0 spiro atoms. The maximum Gasteiger partial charge on any atom is 0.119 e. The molecule has 1 atom stereocenters. The lowest BCUT2D eigenvalue weighted by atomic mass is 9.99. The Balaban J connectivity index is 1.84. The number of benzene rings is 1. The lowest BCUT2D eigenvalue weighted by Gasteiger charge is -2.25. The summed E-state index contributed by atoms with van der Waals surface area (Å²) in [5, 5.41) is 16.7. The van der Waals surface area contributed by atoms with E-state index in [1.165, 1.54) is 12.8 Å². The molecule has 1 aromatic carbocycles. The highest BCUT2D eigenvalue weighted by Gasteiger charge is 2.15. The summed E-state index contributed by atoms with van der Waals surface area (Å²) >= 11 is 0. The molecule has 1 aliphatic heterocycles. The van der Waals surface area contributed by atoms with Gasteiger partial charge in [0.15, 0.2) is 0 Å². The molecule has 1 aromatic rings. The van der Waals surface area contributed by atoms with E-state index in [1.807, 2.05) is 18.2 Å². The van der Waals surface area contributed by atoms with Gasteiger partial charge in [0.25, 0.3) is 0 Å². The molecule has 17 heavy (non-hydrogen) atoms. The van der Waals surface area contributed by atoms with Crippen LogP contribution in [0.5, 0.6) is 5.75 Å². The summed E-state index contributed by atoms with van der Waals surface area (Å²) < 4.78 is 0. The summed E-state index contributed by atoms with van der Waals surface area (Å²) in [6.45, 7) is 5.32. The molecule has 0 amide bonds. The second kappa shape index (κ2) is 6.03. The first-order chi connectivity index (χ1) is 8.27. The third-order valence-corrected chi connectivity index (χ3v) is 3.52. The fourth-order valence-corrected chi connectivity index (χ4v) is 2.38. The molecule has 1 fully saturated rings. The third-order valence-electron chi connectivity index (χ3n) is 3.52. The van der Waals surface area contributed by atoms with Gasteiger partial charge in [0.1, 0.15) is 5.75 Å². The fourth-order valence-electron chi connectivity index (χ4n) is 2.38. The molecule has 3 nitrogen and oxygen atoms in total. The molecule has 0 aromatic heterocycles. The first kappa shape index (κ1) is 12.4. The van der Waals surface area contributed by atoms with Crippen molar-refractivity contribution in [1.29, 1.82) is 0 Å². The van der Waals surface area contributed by atoms with Crippen LogP contribution in [0, 0.1) is 0 Å². The second-order valence-electron chi connectivity index (χ2n) is 4.89. The monoisotopic (exact) mass is 234 g/mol. The molecule has 3 heteroatoms. The maximum absolute atomic E-state index is 9.78. The molecule has 2 rings (SSSR count). The van der Waals surface area contributed by atoms with Crippen molar-refractivity contribution in [1.82, 2.24) is 10.6 Å². The van der Waals surface area contributed by atoms with Crippen LogP contribution in [-0.2, 0) is 0 Å². The average molecular weight is 234 g/mol. The van der Waals surface area contributed by atoms with Gasteiger partial charge in [-0.05, 0) is 43.5 Å². The summed E-state index contributed by atoms with van der Waals surface area (Å²) in [5.74, 6) is 0.762. The van der Waals surface area contributed by atoms with Gasteiger partial charge in [-0.1, -0.05) is 25.1 Å². The van der Waals surface area contributed by atoms with Crippen LogP contribution in [0.15, 0.2) is 24.3 Å². The molecule has 3 N–H and O–H groups in total. The van der Waals surface area contributed by atoms with E-state index in [2.05, 4.69) is 17.6 Å². The molecule has 1 saturated heterocycles. The lowest BCUT2D eigenvalue weighted by Crippen LogP contribution is -2.41. The first-order valence-electron chi connectivity index (χ1n) is 6.49. The fraction of sp³-hybridized carbons (Fsp3) is 0.571. The number of rotatable bonds is 4. The van der Waals surface area contributed by atoms with Gasteiger partial charge in [-0.25, -0.2) is 0 Å². The first-order valence-corrected chi connectivity index (χ1v) is 6.49. The third kappa shape index (κ3) is 3.45. The zero-order chi connectivity index (χ0) is 12.1. The molecule has 0 bridgehead atoms. The van der Waals surface area contributed by atoms with Crippen molar-refractivity contribution in [2.75, 3.05) is 19.6 Å². The number of nitrogens with one attached hydrogen (secondary N) is 2. The van der Waals surface area contributed by atoms with Crippen LogP contribution in [0.3, 0.4) is 0 Å². The van der Waals surface area contributed by atoms with Crippen molar-refractivity contribution in [2.24, 2.45) is 0 Å². The predicted molar refractivity (Wildman–Crippen MR) is 70.4 cm³/mol. The van der Waals surface area contributed by atoms with Crippen molar-refractivity contribution in [3.05, 3.63) is 29.8 Å². The van der Waals surface area contributed by atoms with Gasteiger partial charge in [-0.3, -0.25) is 0 Å². The molecule has 0 saturated carbocycles. The van der Waals surface area contributed by atoms with Crippen molar-refractivity contribution in [3.8, 4) is 5.75 Å². The Hall–Kier alpha value is -1.06. The number of phenolic OH excluding ortho intramolecular Hbond substituents is 1. The van der Waals surface area contributed by atoms with Crippen LogP contribution in [0.1, 0.15) is 31.2 Å². The van der Waals surface area contributed by atoms with E-state index in [9.17, 15) is 5.11 Å². The van der Waals surface area contributed by atoms with Gasteiger partial charge >= 0.3 is 0 Å². The topological polar surface area (TPSA) is 44.3 Å². The van der Waals surface area contributed by atoms with E-state index in [-0.39, 0.29) is 0 Å². The normalized spacial score (nSPS) is 19.1. The van der Waals surface area contributed by atoms with Crippen LogP contribution >= 0.6 is 0 Å². The van der Waals surface area contributed by atoms with E-state index in [0.717, 1.165) is 25.2 Å². The Bertz CT molecular complexity index is 348. The van der Waals surface area contributed by atoms with Gasteiger partial charge < -0.3 is 15.7 Å². The summed E-state index contributed by atoms with van der Waals surface area (Å²) in [6.07, 6.45) is 2.40. The molecular formula is C14H22N2O. The summed E-state index contributed by atoms with van der Waals surface area (Å²) in [6, 6.07) is 8.24. The van der Waals surface area contributed by atoms with Crippen LogP contribution in [-0.4, -0.2) is 30.8 Å². The van der Waals surface area contributed by atoms with Crippen molar-refractivity contribution in [2.45, 2.75) is 31.7 Å². The highest BCUT2D eigenvalue weighted by molar-refractivity contribution is 5.34. The largest absolute Gasteiger partial charge is 0.508 e. The van der Waals surface area contributed by atoms with Crippen molar-refractivity contribution < 1.29 is 5.11 Å². The number of hydrogen-bond acceptors (Lipinski definition) is 3. The quantitative estimate of drug-likeness (QED) is 0.745. The van der Waals surface area contributed by atoms with E-state index >= 15 is 0 Å². The standard InChI is InChI=1S/C14H22N2O/c1-11(13-4-2-3-5-14(13)17)10-16-12-6-8-15-9-7-12/h2-5,11-12,15-17H,6-10H2,1H3. The highest BCUT2D eigenvalue weighted by Crippen LogP contribution is 2.24. The Morgan fingerprint density at radius 3 is 2.76 bits per heavy atom. The molecule has 94 valence electrons. The minimum atomic E-state index is 0.353. The van der Waals surface area contributed by atoms with Gasteiger partial charge in [-0.2, -0.15) is 0 Å². The Morgan fingerprint density at radius 1 is 1.35 bits per heavy atom. The smallest absolute Gasteiger partial charge is 0.119 e. The van der Waals surface area contributed by atoms with Crippen molar-refractivity contribution >= 4 is 0 Å². The Morgan fingerprint density at radius 2 is 2.06 bits per heavy atom. The van der Waals surface area contributed by atoms with Gasteiger partial charge in [0.05, 0.1) is 0 Å². The molecule has 0 aliphatic carbocycles. The summed E-state index contributed by atoms with van der Waals surface area (Å²) in [4.78, 5) is 0. The minimum absolute atomic E-state index is 0.353. The van der Waals surface area contributed by atoms with E-state index in [0.29, 0.717) is 17.7 Å². The van der Waals surface area contributed by atoms with Crippen LogP contribution in [0.4, 0.5) is 0 Å². The number of piperidine rings is 1. The SMILES string of the molecule is CC(CNC1CCNCC1)c1ccccc1O. The summed E-state index contributed by atoms with van der Waals surface area (Å²) in [7, 11) is 0. The number of hydrogen-bond donors (Lipinski definition) is 3. The van der Waals surface area contributed by atoms with E-state index in [1.54, 1.807) is 6.07 Å². The average Bonchev–Trinajstić information content (AvgIpc) is 2.38. The van der Waals surface area contributed by atoms with Crippen LogP contribution in [0.25, 0.3) is 0 Å². The molecule has 1 heterocycles. The molecule has 1 aliphatic rings. The van der Waals surface area contributed by atoms with Gasteiger partial charge in [0.2, 0.25) is 0 Å². The van der Waals surface area contributed by atoms with Gasteiger partial charge in [0, 0.05) is 12.6 Å². The second-order valence-corrected chi connectivity index (χ2v) is 4.89. The van der Waals surface area contributed by atoms with Gasteiger partial charge in [-0.15, -0.1) is 0 Å². The number of para-hydroxylation sites is 1. The number of phenols is 1. The Labute approximate surface area is 103 Å². The van der Waals surface area contributed by atoms with Crippen LogP contribution < -0.4 is 10.6 Å². The number of aromatic hydroxyl groups is 1. The zero-order valence-electron chi connectivity index (χ0n) is 10.4. The molecule has 0 radical (unpaired) electrons. The van der Waals surface area contributed by atoms with Crippen molar-refractivity contribution in [3.63, 3.8) is 0 Å². The maximum atomic E-state index is 9.78. The Kier molecular flexibility index (Phi) is 4.40. The summed E-state index contributed by atoms with van der Waals surface area (Å²) in [5.41, 5.74) is 1.04. The minimum Gasteiger partial charge on any atom is -0.508 e. The van der Waals surface area contributed by atoms with E-state index < -0.39 is 0 Å². The highest BCUT2D eigenvalue weighted by atomic mass is 16.3. The van der Waals surface area contributed by atoms with E-state index in [4.69, 9.17) is 0 Å². The van der Waals surface area contributed by atoms with Crippen LogP contribution in [0.2, 0.25) is 0 Å². The lowest BCUT2D eigenvalue weighted by molar-refractivity contribution is 0.378. The predicted octanol–water partition coefficient (Wildman–Crippen LogP) is 1.84. The molecule has 1 unspecified atom stereocenters.